The molecule has 1 aliphatic heterocycles. The second kappa shape index (κ2) is 6.46. The molecule has 0 atom stereocenters. The maximum atomic E-state index is 12.9. The molecule has 10 nitrogen and oxygen atoms in total. The quantitative estimate of drug-likeness (QED) is 0.408. The minimum absolute atomic E-state index is 0.181. The van der Waals surface area contributed by atoms with Gasteiger partial charge in [-0.2, -0.15) is 0 Å². The molecule has 0 aromatic heterocycles. The highest BCUT2D eigenvalue weighted by molar-refractivity contribution is 7.85. The van der Waals surface area contributed by atoms with E-state index in [1.807, 2.05) is 0 Å². The van der Waals surface area contributed by atoms with E-state index in [2.05, 4.69) is 0 Å². The van der Waals surface area contributed by atoms with Crippen LogP contribution in [0.5, 0.6) is 0 Å². The number of hydrogen-bond donors (Lipinski definition) is 4. The Labute approximate surface area is 157 Å². The normalized spacial score (nSPS) is 16.2. The average molecular weight is 405 g/mol. The Hall–Kier alpha value is -3.73. The Balaban J connectivity index is 2.35. The van der Waals surface area contributed by atoms with Crippen LogP contribution in [-0.4, -0.2) is 55.0 Å². The molecular weight excluding hydrogens is 396 g/mol. The van der Waals surface area contributed by atoms with Crippen LogP contribution in [0, 0.1) is 0 Å². The van der Waals surface area contributed by atoms with E-state index in [1.165, 1.54) is 0 Å². The van der Waals surface area contributed by atoms with Gasteiger partial charge in [0.15, 0.2) is 5.78 Å². The molecule has 1 aromatic rings. The van der Waals surface area contributed by atoms with E-state index in [4.69, 9.17) is 0 Å². The van der Waals surface area contributed by atoms with Gasteiger partial charge in [0.2, 0.25) is 0 Å². The van der Waals surface area contributed by atoms with Crippen molar-refractivity contribution in [3.8, 4) is 0 Å². The molecule has 0 unspecified atom stereocenters. The third-order valence-corrected chi connectivity index (χ3v) is 5.78. The molecule has 0 radical (unpaired) electrons. The number of carbonyl (C=O) groups excluding carboxylic acids is 1. The van der Waals surface area contributed by atoms with Crippen molar-refractivity contribution in [2.24, 2.45) is 0 Å². The highest BCUT2D eigenvalue weighted by Gasteiger charge is 2.32. The largest absolute Gasteiger partial charge is 0.478 e. The van der Waals surface area contributed by atoms with E-state index in [-0.39, 0.29) is 20.9 Å². The lowest BCUT2D eigenvalue weighted by atomic mass is 9.87. The van der Waals surface area contributed by atoms with Crippen molar-refractivity contribution in [1.82, 2.24) is 0 Å². The van der Waals surface area contributed by atoms with Crippen molar-refractivity contribution in [2.75, 3.05) is 0 Å². The summed E-state index contributed by atoms with van der Waals surface area (Å²) >= 11 is 0. The van der Waals surface area contributed by atoms with Crippen LogP contribution in [0.4, 0.5) is 0 Å². The van der Waals surface area contributed by atoms with E-state index in [9.17, 15) is 48.6 Å². The SMILES string of the molecule is O=C(O)C1=C(C(=O)O)CC2=[S-](=O)c3cc(C(=O)O)c(C(=O)O)cc3C(=O)C2=C1. The molecule has 2 aliphatic rings. The zero-order valence-corrected chi connectivity index (χ0v) is 14.4. The van der Waals surface area contributed by atoms with Crippen LogP contribution in [0.1, 0.15) is 37.5 Å². The topological polar surface area (TPSA) is 183 Å². The van der Waals surface area contributed by atoms with E-state index < -0.39 is 68.7 Å². The van der Waals surface area contributed by atoms with Crippen molar-refractivity contribution >= 4 is 44.9 Å². The highest BCUT2D eigenvalue weighted by Crippen LogP contribution is 2.33. The molecule has 0 saturated carbocycles. The van der Waals surface area contributed by atoms with Gasteiger partial charge in [-0.15, -0.1) is 9.76 Å². The fraction of sp³-hybridized carbons (Fsp3) is 0.0588. The number of aliphatic carboxylic acids is 2. The van der Waals surface area contributed by atoms with Gasteiger partial charge in [-0.25, -0.2) is 29.6 Å². The Morgan fingerprint density at radius 3 is 1.93 bits per heavy atom. The van der Waals surface area contributed by atoms with Crippen molar-refractivity contribution in [1.29, 1.82) is 0 Å². The third kappa shape index (κ3) is 2.77. The first-order valence-electron chi connectivity index (χ1n) is 7.43. The van der Waals surface area contributed by atoms with E-state index >= 15 is 0 Å². The Bertz CT molecular complexity index is 1170. The fourth-order valence-corrected chi connectivity index (χ4v) is 4.41. The molecule has 3 rings (SSSR count). The van der Waals surface area contributed by atoms with Gasteiger partial charge in [0, 0.05) is 11.1 Å². The van der Waals surface area contributed by atoms with Crippen LogP contribution >= 0.6 is 0 Å². The molecule has 0 spiro atoms. The standard InChI is InChI=1S/C17H9O10S/c18-13-9-1-5(14(19)20)7(16(23)24)3-11(9)28(27)12-4-8(17(25)26)6(15(21)22)2-10(12)13/h1-3H,4H2,(H,19,20)(H,21,22)(H,23,24)(H,25,26)/q-1. The predicted octanol–water partition coefficient (Wildman–Crippen LogP) is 0.570. The van der Waals surface area contributed by atoms with Crippen molar-refractivity contribution in [3.63, 3.8) is 0 Å². The summed E-state index contributed by atoms with van der Waals surface area (Å²) in [5.74, 6) is -7.26. The maximum absolute atomic E-state index is 12.9. The molecular formula is C17H9O10S-. The Kier molecular flexibility index (Phi) is 4.39. The summed E-state index contributed by atoms with van der Waals surface area (Å²) in [4.78, 5) is 57.6. The predicted molar refractivity (Wildman–Crippen MR) is 91.0 cm³/mol. The number of carboxylic acids is 4. The summed E-state index contributed by atoms with van der Waals surface area (Å²) in [5.41, 5.74) is -3.27. The number of fused-ring (bicyclic) bond motifs is 2. The molecule has 1 aromatic carbocycles. The molecule has 28 heavy (non-hydrogen) atoms. The van der Waals surface area contributed by atoms with Crippen LogP contribution < -0.4 is 0 Å². The molecule has 0 saturated heterocycles. The van der Waals surface area contributed by atoms with Gasteiger partial charge in [-0.05, 0) is 18.6 Å². The number of carbonyl (C=O) groups is 5. The van der Waals surface area contributed by atoms with Gasteiger partial charge in [-0.3, -0.25) is 4.79 Å². The lowest BCUT2D eigenvalue weighted by Gasteiger charge is -2.30. The Morgan fingerprint density at radius 1 is 0.857 bits per heavy atom. The summed E-state index contributed by atoms with van der Waals surface area (Å²) in [6.45, 7) is 0. The maximum Gasteiger partial charge on any atom is 0.336 e. The van der Waals surface area contributed by atoms with Gasteiger partial charge < -0.3 is 24.6 Å². The monoisotopic (exact) mass is 405 g/mol. The number of rotatable bonds is 4. The molecule has 11 heteroatoms. The highest BCUT2D eigenvalue weighted by atomic mass is 32.2. The summed E-state index contributed by atoms with van der Waals surface area (Å²) in [5, 5.41) is 36.8. The molecule has 0 bridgehead atoms. The minimum atomic E-state index is -2.19. The van der Waals surface area contributed by atoms with E-state index in [0.717, 1.165) is 18.2 Å². The van der Waals surface area contributed by atoms with Gasteiger partial charge >= 0.3 is 23.9 Å². The van der Waals surface area contributed by atoms with Crippen molar-refractivity contribution < 1.29 is 48.6 Å². The van der Waals surface area contributed by atoms with Gasteiger partial charge in [0.25, 0.3) is 0 Å². The zero-order valence-electron chi connectivity index (χ0n) is 13.6. The molecule has 1 heterocycles. The van der Waals surface area contributed by atoms with Gasteiger partial charge in [-0.1, -0.05) is 6.07 Å². The first-order chi connectivity index (χ1) is 13.0. The molecule has 1 aliphatic carbocycles. The second-order valence-electron chi connectivity index (χ2n) is 5.76. The number of Topliss-reactive ketones (excluding diaryl/α,β-unsaturated/α-hetero) is 1. The summed E-state index contributed by atoms with van der Waals surface area (Å²) < 4.78 is 12.9. The number of benzene rings is 1. The molecule has 0 fully saturated rings. The average Bonchev–Trinajstić information content (AvgIpc) is 2.63. The zero-order chi connectivity index (χ0) is 20.9. The van der Waals surface area contributed by atoms with E-state index in [1.54, 1.807) is 0 Å². The van der Waals surface area contributed by atoms with Crippen molar-refractivity contribution in [3.05, 3.63) is 51.6 Å². The van der Waals surface area contributed by atoms with Crippen LogP contribution in [-0.2, 0) is 24.2 Å². The van der Waals surface area contributed by atoms with Crippen LogP contribution in [0.25, 0.3) is 0 Å². The molecule has 144 valence electrons. The first-order valence-corrected chi connectivity index (χ1v) is 8.58. The summed E-state index contributed by atoms with van der Waals surface area (Å²) in [6, 6.07) is 1.58. The second-order valence-corrected chi connectivity index (χ2v) is 7.23. The van der Waals surface area contributed by atoms with Crippen LogP contribution in [0.2, 0.25) is 0 Å². The molecule has 4 N–H and O–H groups in total. The lowest BCUT2D eigenvalue weighted by Crippen LogP contribution is -2.29. The van der Waals surface area contributed by atoms with Crippen LogP contribution in [0.3, 0.4) is 0 Å². The lowest BCUT2D eigenvalue weighted by molar-refractivity contribution is -0.135. The van der Waals surface area contributed by atoms with Gasteiger partial charge in [0.05, 0.1) is 22.3 Å². The molecule has 0 amide bonds. The Morgan fingerprint density at radius 2 is 1.43 bits per heavy atom. The number of ketones is 1. The van der Waals surface area contributed by atoms with Crippen molar-refractivity contribution in [2.45, 2.75) is 11.3 Å². The third-order valence-electron chi connectivity index (χ3n) is 4.23. The van der Waals surface area contributed by atoms with Crippen LogP contribution in [0.15, 0.2) is 39.8 Å². The summed E-state index contributed by atoms with van der Waals surface area (Å²) in [6.07, 6.45) is 0.197. The number of aromatic carboxylic acids is 2. The number of allylic oxidation sites excluding steroid dienone is 1. The smallest absolute Gasteiger partial charge is 0.336 e. The van der Waals surface area contributed by atoms with Gasteiger partial charge in [0.1, 0.15) is 0 Å². The summed E-state index contributed by atoms with van der Waals surface area (Å²) in [7, 11) is -2.19. The number of hydrogen-bond acceptors (Lipinski definition) is 7. The minimum Gasteiger partial charge on any atom is -0.478 e. The van der Waals surface area contributed by atoms with E-state index in [0.29, 0.717) is 0 Å². The fourth-order valence-electron chi connectivity index (χ4n) is 2.94. The number of carboxylic acid groups (broad SMARTS) is 4. The first kappa shape index (κ1) is 19.0.